The predicted molar refractivity (Wildman–Crippen MR) is 99.0 cm³/mol. The summed E-state index contributed by atoms with van der Waals surface area (Å²) in [5.74, 6) is 0.759. The lowest BCUT2D eigenvalue weighted by molar-refractivity contribution is -0.122. The van der Waals surface area contributed by atoms with Gasteiger partial charge in [-0.3, -0.25) is 9.48 Å². The van der Waals surface area contributed by atoms with Crippen LogP contribution >= 0.6 is 0 Å². The van der Waals surface area contributed by atoms with Crippen molar-refractivity contribution >= 4 is 5.91 Å². The monoisotopic (exact) mass is 352 g/mol. The Labute approximate surface area is 153 Å². The third kappa shape index (κ3) is 3.82. The number of nitrogens with zero attached hydrogens (tertiary/aromatic N) is 5. The Morgan fingerprint density at radius 3 is 2.73 bits per heavy atom. The molecule has 0 saturated carbocycles. The van der Waals surface area contributed by atoms with Crippen molar-refractivity contribution in [1.29, 1.82) is 0 Å². The van der Waals surface area contributed by atoms with Crippen molar-refractivity contribution in [3.8, 4) is 5.82 Å². The van der Waals surface area contributed by atoms with Crippen LogP contribution in [0.3, 0.4) is 0 Å². The summed E-state index contributed by atoms with van der Waals surface area (Å²) in [7, 11) is 0. The number of rotatable bonds is 6. The molecule has 3 aromatic rings. The average molecular weight is 352 g/mol. The van der Waals surface area contributed by atoms with Gasteiger partial charge in [0, 0.05) is 36.1 Å². The molecule has 7 heteroatoms. The Kier molecular flexibility index (Phi) is 5.16. The average Bonchev–Trinajstić information content (AvgIpc) is 3.15. The van der Waals surface area contributed by atoms with Gasteiger partial charge in [-0.2, -0.15) is 10.2 Å². The van der Waals surface area contributed by atoms with E-state index in [1.54, 1.807) is 17.1 Å². The number of amides is 1. The van der Waals surface area contributed by atoms with Crippen LogP contribution < -0.4 is 5.32 Å². The van der Waals surface area contributed by atoms with Gasteiger partial charge < -0.3 is 5.32 Å². The number of hydrogen-bond acceptors (Lipinski definition) is 4. The van der Waals surface area contributed by atoms with E-state index < -0.39 is 0 Å². The summed E-state index contributed by atoms with van der Waals surface area (Å²) >= 11 is 0. The molecule has 26 heavy (non-hydrogen) atoms. The summed E-state index contributed by atoms with van der Waals surface area (Å²) in [5, 5.41) is 11.8. The van der Waals surface area contributed by atoms with Crippen molar-refractivity contribution in [2.45, 2.75) is 46.7 Å². The van der Waals surface area contributed by atoms with Crippen LogP contribution in [-0.2, 0) is 11.3 Å². The molecule has 136 valence electrons. The zero-order valence-corrected chi connectivity index (χ0v) is 15.6. The first-order chi connectivity index (χ1) is 12.5. The Hall–Kier alpha value is -2.96. The molecule has 0 aliphatic rings. The van der Waals surface area contributed by atoms with Gasteiger partial charge in [0.25, 0.3) is 0 Å². The molecule has 3 aromatic heterocycles. The fourth-order valence-corrected chi connectivity index (χ4v) is 3.06. The van der Waals surface area contributed by atoms with Gasteiger partial charge in [0.2, 0.25) is 5.91 Å². The van der Waals surface area contributed by atoms with Crippen LogP contribution in [0.15, 0.2) is 36.7 Å². The largest absolute Gasteiger partial charge is 0.349 e. The summed E-state index contributed by atoms with van der Waals surface area (Å²) in [6, 6.07) is 7.58. The SMILES string of the molecule is Cc1cc(C)n(CCC(=O)NC(C)c2cnn(-c3ccccn3)c2C)n1. The maximum absolute atomic E-state index is 12.3. The van der Waals surface area contributed by atoms with Gasteiger partial charge in [-0.05, 0) is 45.9 Å². The second kappa shape index (κ2) is 7.51. The normalized spacial score (nSPS) is 12.2. The van der Waals surface area contributed by atoms with Crippen molar-refractivity contribution < 1.29 is 4.79 Å². The number of hydrogen-bond donors (Lipinski definition) is 1. The highest BCUT2D eigenvalue weighted by atomic mass is 16.1. The fraction of sp³-hybridized carbons (Fsp3) is 0.368. The van der Waals surface area contributed by atoms with E-state index >= 15 is 0 Å². The number of nitrogens with one attached hydrogen (secondary N) is 1. The lowest BCUT2D eigenvalue weighted by Crippen LogP contribution is -2.28. The molecule has 3 rings (SSSR count). The van der Waals surface area contributed by atoms with Gasteiger partial charge >= 0.3 is 0 Å². The van der Waals surface area contributed by atoms with Crippen molar-refractivity contribution in [3.05, 3.63) is 59.3 Å². The molecule has 1 amide bonds. The minimum atomic E-state index is -0.125. The van der Waals surface area contributed by atoms with E-state index in [2.05, 4.69) is 20.5 Å². The molecule has 7 nitrogen and oxygen atoms in total. The van der Waals surface area contributed by atoms with Crippen molar-refractivity contribution in [3.63, 3.8) is 0 Å². The predicted octanol–water partition coefficient (Wildman–Crippen LogP) is 2.66. The summed E-state index contributed by atoms with van der Waals surface area (Å²) in [4.78, 5) is 16.6. The highest BCUT2D eigenvalue weighted by Crippen LogP contribution is 2.19. The van der Waals surface area contributed by atoms with Crippen LogP contribution in [0.2, 0.25) is 0 Å². The Morgan fingerprint density at radius 2 is 2.08 bits per heavy atom. The van der Waals surface area contributed by atoms with E-state index in [1.165, 1.54) is 0 Å². The van der Waals surface area contributed by atoms with Gasteiger partial charge in [0.05, 0.1) is 17.9 Å². The zero-order valence-electron chi connectivity index (χ0n) is 15.6. The van der Waals surface area contributed by atoms with Crippen LogP contribution in [0, 0.1) is 20.8 Å². The minimum absolute atomic E-state index is 0.00459. The highest BCUT2D eigenvalue weighted by molar-refractivity contribution is 5.76. The number of carbonyl (C=O) groups is 1. The molecule has 0 aromatic carbocycles. The van der Waals surface area contributed by atoms with Gasteiger partial charge in [-0.1, -0.05) is 6.07 Å². The highest BCUT2D eigenvalue weighted by Gasteiger charge is 2.17. The third-order valence-electron chi connectivity index (χ3n) is 4.41. The molecule has 1 unspecified atom stereocenters. The first-order valence-electron chi connectivity index (χ1n) is 8.72. The van der Waals surface area contributed by atoms with E-state index in [9.17, 15) is 4.79 Å². The second-order valence-electron chi connectivity index (χ2n) is 6.47. The molecular formula is C19H24N6O. The molecule has 0 aliphatic heterocycles. The minimum Gasteiger partial charge on any atom is -0.349 e. The maximum atomic E-state index is 12.3. The van der Waals surface area contributed by atoms with Crippen LogP contribution in [0.5, 0.6) is 0 Å². The topological polar surface area (TPSA) is 77.6 Å². The fourth-order valence-electron chi connectivity index (χ4n) is 3.06. The molecule has 0 saturated heterocycles. The van der Waals surface area contributed by atoms with Crippen molar-refractivity contribution in [2.24, 2.45) is 0 Å². The maximum Gasteiger partial charge on any atom is 0.222 e. The van der Waals surface area contributed by atoms with Gasteiger partial charge in [0.15, 0.2) is 5.82 Å². The molecule has 0 bridgehead atoms. The Bertz CT molecular complexity index is 896. The van der Waals surface area contributed by atoms with Crippen LogP contribution in [0.4, 0.5) is 0 Å². The lowest BCUT2D eigenvalue weighted by Gasteiger charge is -2.14. The van der Waals surface area contributed by atoms with Crippen LogP contribution in [-0.4, -0.2) is 30.5 Å². The number of aromatic nitrogens is 5. The van der Waals surface area contributed by atoms with Gasteiger partial charge in [0.1, 0.15) is 0 Å². The van der Waals surface area contributed by atoms with E-state index in [0.717, 1.165) is 28.5 Å². The van der Waals surface area contributed by atoms with E-state index in [0.29, 0.717) is 13.0 Å². The molecule has 3 heterocycles. The molecular weight excluding hydrogens is 328 g/mol. The van der Waals surface area contributed by atoms with Crippen molar-refractivity contribution in [1.82, 2.24) is 29.9 Å². The van der Waals surface area contributed by atoms with Gasteiger partial charge in [-0.25, -0.2) is 9.67 Å². The van der Waals surface area contributed by atoms with E-state index in [1.807, 2.05) is 56.6 Å². The summed E-state index contributed by atoms with van der Waals surface area (Å²) in [6.45, 7) is 8.47. The van der Waals surface area contributed by atoms with Crippen LogP contribution in [0.25, 0.3) is 5.82 Å². The molecule has 0 fully saturated rings. The quantitative estimate of drug-likeness (QED) is 0.740. The van der Waals surface area contributed by atoms with E-state index in [-0.39, 0.29) is 11.9 Å². The second-order valence-corrected chi connectivity index (χ2v) is 6.47. The first kappa shape index (κ1) is 17.8. The van der Waals surface area contributed by atoms with Gasteiger partial charge in [-0.15, -0.1) is 0 Å². The zero-order chi connectivity index (χ0) is 18.7. The summed E-state index contributed by atoms with van der Waals surface area (Å²) in [6.07, 6.45) is 3.91. The number of aryl methyl sites for hydroxylation is 3. The molecule has 0 radical (unpaired) electrons. The smallest absolute Gasteiger partial charge is 0.222 e. The number of carbonyl (C=O) groups excluding carboxylic acids is 1. The summed E-state index contributed by atoms with van der Waals surface area (Å²) < 4.78 is 3.65. The lowest BCUT2D eigenvalue weighted by atomic mass is 10.1. The van der Waals surface area contributed by atoms with E-state index in [4.69, 9.17) is 0 Å². The first-order valence-corrected chi connectivity index (χ1v) is 8.72. The third-order valence-corrected chi connectivity index (χ3v) is 4.41. The van der Waals surface area contributed by atoms with Crippen LogP contribution in [0.1, 0.15) is 42.0 Å². The number of pyridine rings is 1. The molecule has 1 N–H and O–H groups in total. The molecule has 0 aliphatic carbocycles. The Balaban J connectivity index is 1.63. The van der Waals surface area contributed by atoms with Crippen molar-refractivity contribution in [2.75, 3.05) is 0 Å². The Morgan fingerprint density at radius 1 is 1.27 bits per heavy atom. The summed E-state index contributed by atoms with van der Waals surface area (Å²) in [5.41, 5.74) is 3.98. The standard InChI is InChI=1S/C19H24N6O/c1-13-11-14(2)24(23-13)10-8-19(26)22-15(3)17-12-21-25(16(17)4)18-7-5-6-9-20-18/h5-7,9,11-12,15H,8,10H2,1-4H3,(H,22,26). The molecule has 0 spiro atoms. The molecule has 1 atom stereocenters.